The molecule has 0 radical (unpaired) electrons. The summed E-state index contributed by atoms with van der Waals surface area (Å²) < 4.78 is 2.39. The van der Waals surface area contributed by atoms with Gasteiger partial charge in [-0.1, -0.05) is 26.8 Å². The number of fused-ring (bicyclic) bond motifs is 1. The van der Waals surface area contributed by atoms with Gasteiger partial charge >= 0.3 is 0 Å². The lowest BCUT2D eigenvalue weighted by Crippen LogP contribution is -2.21. The fourth-order valence-corrected chi connectivity index (χ4v) is 3.11. The number of nitrogens with two attached hydrogens (primary N) is 1. The maximum atomic E-state index is 5.97. The van der Waals surface area contributed by atoms with Gasteiger partial charge in [-0.05, 0) is 55.8 Å². The highest BCUT2D eigenvalue weighted by Crippen LogP contribution is 2.22. The topological polar surface area (TPSA) is 43.8 Å². The van der Waals surface area contributed by atoms with Crippen molar-refractivity contribution < 1.29 is 0 Å². The molecule has 2 aromatic rings. The molecule has 0 saturated carbocycles. The SMILES string of the molecule is CCCn1c(CC(CN)CC(C)C)nc2cc(C)ccc21. The van der Waals surface area contributed by atoms with Crippen molar-refractivity contribution in [2.24, 2.45) is 17.6 Å². The molecule has 116 valence electrons. The third-order valence-electron chi connectivity index (χ3n) is 4.04. The molecule has 21 heavy (non-hydrogen) atoms. The van der Waals surface area contributed by atoms with Crippen molar-refractivity contribution in [1.29, 1.82) is 0 Å². The Balaban J connectivity index is 2.34. The van der Waals surface area contributed by atoms with Gasteiger partial charge in [-0.25, -0.2) is 4.98 Å². The highest BCUT2D eigenvalue weighted by molar-refractivity contribution is 5.76. The third kappa shape index (κ3) is 3.85. The molecule has 1 aromatic heterocycles. The zero-order valence-corrected chi connectivity index (χ0v) is 13.9. The molecular weight excluding hydrogens is 258 g/mol. The predicted molar refractivity (Wildman–Crippen MR) is 90.5 cm³/mol. The zero-order chi connectivity index (χ0) is 15.4. The Kier molecular flexibility index (Phi) is 5.40. The molecule has 3 heteroatoms. The highest BCUT2D eigenvalue weighted by atomic mass is 15.1. The number of aryl methyl sites for hydroxylation is 2. The van der Waals surface area contributed by atoms with E-state index < -0.39 is 0 Å². The van der Waals surface area contributed by atoms with Gasteiger partial charge in [0.2, 0.25) is 0 Å². The van der Waals surface area contributed by atoms with Crippen LogP contribution in [0.1, 0.15) is 45.0 Å². The van der Waals surface area contributed by atoms with Gasteiger partial charge in [-0.2, -0.15) is 0 Å². The second-order valence-corrected chi connectivity index (χ2v) is 6.61. The third-order valence-corrected chi connectivity index (χ3v) is 4.04. The summed E-state index contributed by atoms with van der Waals surface area (Å²) in [5, 5.41) is 0. The minimum absolute atomic E-state index is 0.526. The van der Waals surface area contributed by atoms with Crippen LogP contribution in [0.2, 0.25) is 0 Å². The number of aromatic nitrogens is 2. The Morgan fingerprint density at radius 2 is 2.05 bits per heavy atom. The zero-order valence-electron chi connectivity index (χ0n) is 13.9. The smallest absolute Gasteiger partial charge is 0.110 e. The average Bonchev–Trinajstić information content (AvgIpc) is 2.75. The summed E-state index contributed by atoms with van der Waals surface area (Å²) in [5.74, 6) is 2.41. The van der Waals surface area contributed by atoms with Crippen LogP contribution in [-0.4, -0.2) is 16.1 Å². The summed E-state index contributed by atoms with van der Waals surface area (Å²) in [4.78, 5) is 4.89. The fourth-order valence-electron chi connectivity index (χ4n) is 3.11. The summed E-state index contributed by atoms with van der Waals surface area (Å²) in [6, 6.07) is 6.57. The second-order valence-electron chi connectivity index (χ2n) is 6.61. The van der Waals surface area contributed by atoms with Gasteiger partial charge in [0, 0.05) is 13.0 Å². The largest absolute Gasteiger partial charge is 0.330 e. The van der Waals surface area contributed by atoms with E-state index in [1.54, 1.807) is 0 Å². The van der Waals surface area contributed by atoms with Crippen molar-refractivity contribution in [3.8, 4) is 0 Å². The van der Waals surface area contributed by atoms with Crippen molar-refractivity contribution in [3.05, 3.63) is 29.6 Å². The van der Waals surface area contributed by atoms with E-state index in [-0.39, 0.29) is 0 Å². The number of hydrogen-bond acceptors (Lipinski definition) is 2. The molecule has 1 unspecified atom stereocenters. The van der Waals surface area contributed by atoms with Crippen LogP contribution in [0, 0.1) is 18.8 Å². The van der Waals surface area contributed by atoms with Crippen molar-refractivity contribution >= 4 is 11.0 Å². The lowest BCUT2D eigenvalue weighted by molar-refractivity contribution is 0.403. The number of imidazole rings is 1. The summed E-state index contributed by atoms with van der Waals surface area (Å²) >= 11 is 0. The molecule has 2 N–H and O–H groups in total. The average molecular weight is 287 g/mol. The Morgan fingerprint density at radius 3 is 2.67 bits per heavy atom. The first-order valence-corrected chi connectivity index (χ1v) is 8.21. The van der Waals surface area contributed by atoms with Gasteiger partial charge < -0.3 is 10.3 Å². The molecule has 0 aliphatic carbocycles. The summed E-state index contributed by atoms with van der Waals surface area (Å²) in [7, 11) is 0. The summed E-state index contributed by atoms with van der Waals surface area (Å²) in [5.41, 5.74) is 9.63. The van der Waals surface area contributed by atoms with Crippen LogP contribution in [0.15, 0.2) is 18.2 Å². The van der Waals surface area contributed by atoms with Crippen LogP contribution in [0.4, 0.5) is 0 Å². The van der Waals surface area contributed by atoms with Crippen LogP contribution < -0.4 is 5.73 Å². The monoisotopic (exact) mass is 287 g/mol. The molecule has 3 nitrogen and oxygen atoms in total. The lowest BCUT2D eigenvalue weighted by Gasteiger charge is -2.17. The number of hydrogen-bond donors (Lipinski definition) is 1. The first kappa shape index (κ1) is 16.0. The molecule has 0 fully saturated rings. The minimum atomic E-state index is 0.526. The second kappa shape index (κ2) is 7.08. The van der Waals surface area contributed by atoms with Gasteiger partial charge in [-0.3, -0.25) is 0 Å². The molecular formula is C18H29N3. The summed E-state index contributed by atoms with van der Waals surface area (Å²) in [6.07, 6.45) is 3.29. The van der Waals surface area contributed by atoms with E-state index in [0.29, 0.717) is 11.8 Å². The minimum Gasteiger partial charge on any atom is -0.330 e. The van der Waals surface area contributed by atoms with E-state index in [1.807, 2.05) is 0 Å². The van der Waals surface area contributed by atoms with E-state index >= 15 is 0 Å². The van der Waals surface area contributed by atoms with Crippen molar-refractivity contribution in [1.82, 2.24) is 9.55 Å². The van der Waals surface area contributed by atoms with Crippen molar-refractivity contribution in [2.75, 3.05) is 6.54 Å². The Bertz CT molecular complexity index is 583. The Morgan fingerprint density at radius 1 is 1.29 bits per heavy atom. The number of nitrogens with zero attached hydrogens (tertiary/aromatic N) is 2. The van der Waals surface area contributed by atoms with E-state index in [1.165, 1.54) is 23.3 Å². The van der Waals surface area contributed by atoms with Crippen LogP contribution in [-0.2, 0) is 13.0 Å². The van der Waals surface area contributed by atoms with Crippen LogP contribution in [0.25, 0.3) is 11.0 Å². The molecule has 0 spiro atoms. The molecule has 0 saturated heterocycles. The van der Waals surface area contributed by atoms with Gasteiger partial charge in [0.15, 0.2) is 0 Å². The first-order valence-electron chi connectivity index (χ1n) is 8.21. The Hall–Kier alpha value is -1.35. The van der Waals surface area contributed by atoms with Crippen LogP contribution in [0.5, 0.6) is 0 Å². The van der Waals surface area contributed by atoms with Gasteiger partial charge in [0.05, 0.1) is 11.0 Å². The van der Waals surface area contributed by atoms with Crippen LogP contribution >= 0.6 is 0 Å². The molecule has 1 heterocycles. The van der Waals surface area contributed by atoms with Crippen molar-refractivity contribution in [2.45, 2.75) is 53.5 Å². The number of rotatable bonds is 7. The number of benzene rings is 1. The lowest BCUT2D eigenvalue weighted by atomic mass is 9.94. The van der Waals surface area contributed by atoms with Gasteiger partial charge in [0.1, 0.15) is 5.82 Å². The van der Waals surface area contributed by atoms with E-state index in [0.717, 1.165) is 31.4 Å². The maximum absolute atomic E-state index is 5.97. The fraction of sp³-hybridized carbons (Fsp3) is 0.611. The first-order chi connectivity index (χ1) is 10.0. The summed E-state index contributed by atoms with van der Waals surface area (Å²) in [6.45, 7) is 10.7. The molecule has 0 bridgehead atoms. The van der Waals surface area contributed by atoms with E-state index in [9.17, 15) is 0 Å². The van der Waals surface area contributed by atoms with Gasteiger partial charge in [0.25, 0.3) is 0 Å². The standard InChI is InChI=1S/C18H29N3/c1-5-8-21-17-7-6-14(4)10-16(17)20-18(21)11-15(12-19)9-13(2)3/h6-7,10,13,15H,5,8-9,11-12,19H2,1-4H3. The quantitative estimate of drug-likeness (QED) is 0.839. The van der Waals surface area contributed by atoms with E-state index in [4.69, 9.17) is 10.7 Å². The Labute approximate surface area is 128 Å². The predicted octanol–water partition coefficient (Wildman–Crippen LogP) is 3.92. The maximum Gasteiger partial charge on any atom is 0.110 e. The molecule has 1 aromatic carbocycles. The molecule has 0 aliphatic heterocycles. The highest BCUT2D eigenvalue weighted by Gasteiger charge is 2.16. The van der Waals surface area contributed by atoms with Crippen LogP contribution in [0.3, 0.4) is 0 Å². The molecule has 2 rings (SSSR count). The molecule has 0 amide bonds. The molecule has 1 atom stereocenters. The molecule has 0 aliphatic rings. The van der Waals surface area contributed by atoms with E-state index in [2.05, 4.69) is 50.5 Å². The van der Waals surface area contributed by atoms with Gasteiger partial charge in [-0.15, -0.1) is 0 Å². The normalized spacial score (nSPS) is 13.2. The van der Waals surface area contributed by atoms with Crippen molar-refractivity contribution in [3.63, 3.8) is 0 Å².